The van der Waals surface area contributed by atoms with Crippen molar-refractivity contribution in [3.8, 4) is 5.75 Å². The number of aryl methyl sites for hydroxylation is 4. The summed E-state index contributed by atoms with van der Waals surface area (Å²) in [5.74, 6) is 1.56. The Hall–Kier alpha value is -3.02. The number of rotatable bonds is 8. The number of aromatic nitrogens is 2. The van der Waals surface area contributed by atoms with Crippen molar-refractivity contribution in [1.29, 1.82) is 0 Å². The van der Waals surface area contributed by atoms with E-state index in [2.05, 4.69) is 10.4 Å². The number of amides is 1. The van der Waals surface area contributed by atoms with Crippen molar-refractivity contribution in [2.75, 3.05) is 6.54 Å². The van der Waals surface area contributed by atoms with Crippen LogP contribution in [-0.4, -0.2) is 22.2 Å². The number of carbonyl (C=O) groups is 1. The molecule has 0 atom stereocenters. The third-order valence-electron chi connectivity index (χ3n) is 4.41. The lowest BCUT2D eigenvalue weighted by atomic mass is 10.1. The highest BCUT2D eigenvalue weighted by Gasteiger charge is 2.12. The number of para-hydroxylation sites is 1. The minimum atomic E-state index is -0.217. The minimum Gasteiger partial charge on any atom is -0.485 e. The normalized spacial score (nSPS) is 10.8. The van der Waals surface area contributed by atoms with Crippen LogP contribution in [0, 0.1) is 20.8 Å². The van der Waals surface area contributed by atoms with Gasteiger partial charge in [0.05, 0.1) is 0 Å². The van der Waals surface area contributed by atoms with Gasteiger partial charge in [-0.15, -0.1) is 0 Å². The molecule has 0 spiro atoms. The van der Waals surface area contributed by atoms with E-state index in [-0.39, 0.29) is 12.5 Å². The molecule has 2 aromatic heterocycles. The number of carbonyl (C=O) groups excluding carboxylic acids is 1. The molecular weight excluding hydrogens is 342 g/mol. The number of hydrogen-bond donors (Lipinski definition) is 1. The molecule has 0 fully saturated rings. The summed E-state index contributed by atoms with van der Waals surface area (Å²) in [5, 5.41) is 7.09. The summed E-state index contributed by atoms with van der Waals surface area (Å²) in [6.07, 6.45) is 2.58. The van der Waals surface area contributed by atoms with Gasteiger partial charge in [-0.2, -0.15) is 5.10 Å². The van der Waals surface area contributed by atoms with Gasteiger partial charge in [0.1, 0.15) is 18.1 Å². The van der Waals surface area contributed by atoms with Gasteiger partial charge in [-0.05, 0) is 56.5 Å². The lowest BCUT2D eigenvalue weighted by Gasteiger charge is -2.10. The molecule has 0 saturated carbocycles. The Labute approximate surface area is 159 Å². The molecule has 0 bridgehead atoms. The maximum Gasteiger partial charge on any atom is 0.286 e. The second-order valence-corrected chi connectivity index (χ2v) is 6.58. The maximum absolute atomic E-state index is 12.2. The third-order valence-corrected chi connectivity index (χ3v) is 4.41. The van der Waals surface area contributed by atoms with Gasteiger partial charge in [-0.25, -0.2) is 0 Å². The van der Waals surface area contributed by atoms with Crippen LogP contribution in [0.15, 0.2) is 47.0 Å². The van der Waals surface area contributed by atoms with Crippen molar-refractivity contribution >= 4 is 5.91 Å². The monoisotopic (exact) mass is 367 g/mol. The zero-order chi connectivity index (χ0) is 19.2. The van der Waals surface area contributed by atoms with Crippen LogP contribution in [0.3, 0.4) is 0 Å². The lowest BCUT2D eigenvalue weighted by Crippen LogP contribution is -2.25. The smallest absolute Gasteiger partial charge is 0.286 e. The fraction of sp³-hybridized carbons (Fsp3) is 0.333. The summed E-state index contributed by atoms with van der Waals surface area (Å²) < 4.78 is 13.4. The number of hydrogen-bond acceptors (Lipinski definition) is 4. The van der Waals surface area contributed by atoms with Gasteiger partial charge in [0, 0.05) is 25.0 Å². The van der Waals surface area contributed by atoms with Crippen molar-refractivity contribution < 1.29 is 13.9 Å². The Morgan fingerprint density at radius 2 is 1.93 bits per heavy atom. The van der Waals surface area contributed by atoms with Gasteiger partial charge in [0.25, 0.3) is 5.91 Å². The SMILES string of the molecule is Cc1cccc(C)c1OCc1ccc(C(=O)NCCCn2nccc2C)o1. The van der Waals surface area contributed by atoms with Crippen LogP contribution in [0.2, 0.25) is 0 Å². The summed E-state index contributed by atoms with van der Waals surface area (Å²) in [4.78, 5) is 12.2. The van der Waals surface area contributed by atoms with E-state index in [9.17, 15) is 4.79 Å². The van der Waals surface area contributed by atoms with E-state index in [1.165, 1.54) is 0 Å². The van der Waals surface area contributed by atoms with E-state index in [0.717, 1.165) is 35.5 Å². The van der Waals surface area contributed by atoms with Crippen molar-refractivity contribution in [3.05, 3.63) is 70.9 Å². The largest absolute Gasteiger partial charge is 0.485 e. The van der Waals surface area contributed by atoms with Crippen LogP contribution in [0.1, 0.15) is 39.6 Å². The zero-order valence-corrected chi connectivity index (χ0v) is 16.0. The van der Waals surface area contributed by atoms with Gasteiger partial charge in [0.2, 0.25) is 0 Å². The van der Waals surface area contributed by atoms with Crippen LogP contribution in [-0.2, 0) is 13.2 Å². The van der Waals surface area contributed by atoms with E-state index >= 15 is 0 Å². The molecule has 6 heteroatoms. The summed E-state index contributed by atoms with van der Waals surface area (Å²) in [7, 11) is 0. The number of nitrogens with zero attached hydrogens (tertiary/aromatic N) is 2. The molecule has 1 N–H and O–H groups in total. The summed E-state index contributed by atoms with van der Waals surface area (Å²) in [6, 6.07) is 11.4. The molecule has 1 amide bonds. The van der Waals surface area contributed by atoms with Crippen LogP contribution < -0.4 is 10.1 Å². The van der Waals surface area contributed by atoms with Crippen molar-refractivity contribution in [2.24, 2.45) is 0 Å². The summed E-state index contributed by atoms with van der Waals surface area (Å²) in [5.41, 5.74) is 3.26. The second kappa shape index (κ2) is 8.58. The zero-order valence-electron chi connectivity index (χ0n) is 16.0. The van der Waals surface area contributed by atoms with E-state index in [4.69, 9.17) is 9.15 Å². The van der Waals surface area contributed by atoms with E-state index in [0.29, 0.717) is 18.1 Å². The summed E-state index contributed by atoms with van der Waals surface area (Å²) in [6.45, 7) is 7.65. The first kappa shape index (κ1) is 18.8. The quantitative estimate of drug-likeness (QED) is 0.615. The van der Waals surface area contributed by atoms with Crippen LogP contribution >= 0.6 is 0 Å². The van der Waals surface area contributed by atoms with Crippen molar-refractivity contribution in [3.63, 3.8) is 0 Å². The van der Waals surface area contributed by atoms with Gasteiger partial charge in [-0.3, -0.25) is 9.48 Å². The third kappa shape index (κ3) is 4.78. The predicted octanol–water partition coefficient (Wildman–Crippen LogP) is 3.80. The molecule has 3 aromatic rings. The predicted molar refractivity (Wildman–Crippen MR) is 103 cm³/mol. The molecule has 27 heavy (non-hydrogen) atoms. The molecule has 1 aromatic carbocycles. The van der Waals surface area contributed by atoms with Gasteiger partial charge < -0.3 is 14.5 Å². The number of nitrogens with one attached hydrogen (secondary N) is 1. The molecule has 0 radical (unpaired) electrons. The van der Waals surface area contributed by atoms with Gasteiger partial charge in [-0.1, -0.05) is 18.2 Å². The highest BCUT2D eigenvalue weighted by Crippen LogP contribution is 2.23. The molecule has 142 valence electrons. The number of benzene rings is 1. The first-order chi connectivity index (χ1) is 13.0. The highest BCUT2D eigenvalue weighted by atomic mass is 16.5. The molecule has 0 aliphatic rings. The van der Waals surface area contributed by atoms with Crippen molar-refractivity contribution in [2.45, 2.75) is 40.3 Å². The minimum absolute atomic E-state index is 0.217. The Morgan fingerprint density at radius 1 is 1.15 bits per heavy atom. The van der Waals surface area contributed by atoms with Crippen LogP contribution in [0.5, 0.6) is 5.75 Å². The van der Waals surface area contributed by atoms with Crippen LogP contribution in [0.25, 0.3) is 0 Å². The van der Waals surface area contributed by atoms with E-state index in [1.807, 2.05) is 49.7 Å². The first-order valence-electron chi connectivity index (χ1n) is 9.09. The fourth-order valence-corrected chi connectivity index (χ4v) is 2.90. The molecule has 0 aliphatic carbocycles. The molecular formula is C21H25N3O3. The van der Waals surface area contributed by atoms with E-state index in [1.54, 1.807) is 18.3 Å². The summed E-state index contributed by atoms with van der Waals surface area (Å²) >= 11 is 0. The van der Waals surface area contributed by atoms with E-state index < -0.39 is 0 Å². The topological polar surface area (TPSA) is 69.3 Å². The van der Waals surface area contributed by atoms with Crippen molar-refractivity contribution in [1.82, 2.24) is 15.1 Å². The number of ether oxygens (including phenoxy) is 1. The average molecular weight is 367 g/mol. The van der Waals surface area contributed by atoms with Crippen LogP contribution in [0.4, 0.5) is 0 Å². The number of furan rings is 1. The standard InChI is InChI=1S/C21H25N3O3/c1-15-6-4-7-16(2)20(15)26-14-18-8-9-19(27-18)21(25)22-11-5-13-24-17(3)10-12-23-24/h4,6-10,12H,5,11,13-14H2,1-3H3,(H,22,25). The molecule has 0 aliphatic heterocycles. The lowest BCUT2D eigenvalue weighted by molar-refractivity contribution is 0.0920. The highest BCUT2D eigenvalue weighted by molar-refractivity contribution is 5.91. The Kier molecular flexibility index (Phi) is 5.96. The second-order valence-electron chi connectivity index (χ2n) is 6.58. The molecule has 0 saturated heterocycles. The molecule has 3 rings (SSSR count). The Morgan fingerprint density at radius 3 is 2.63 bits per heavy atom. The first-order valence-corrected chi connectivity index (χ1v) is 9.09. The average Bonchev–Trinajstić information content (AvgIpc) is 3.27. The molecule has 2 heterocycles. The van der Waals surface area contributed by atoms with Gasteiger partial charge in [0.15, 0.2) is 5.76 Å². The Bertz CT molecular complexity index is 891. The molecule has 0 unspecified atom stereocenters. The van der Waals surface area contributed by atoms with Gasteiger partial charge >= 0.3 is 0 Å². The Balaban J connectivity index is 1.46. The maximum atomic E-state index is 12.2. The fourth-order valence-electron chi connectivity index (χ4n) is 2.90. The molecule has 6 nitrogen and oxygen atoms in total.